The third-order valence-electron chi connectivity index (χ3n) is 2.73. The third kappa shape index (κ3) is 5.49. The van der Waals surface area contributed by atoms with Gasteiger partial charge >= 0.3 is 4.70 Å². The molecule has 0 heterocycles. The molecular formula is C14H5Br9O2. The van der Waals surface area contributed by atoms with E-state index in [0.717, 1.165) is 13.4 Å². The Bertz CT molecular complexity index is 747. The number of ether oxygens (including phenoxy) is 2. The van der Waals surface area contributed by atoms with Gasteiger partial charge in [-0.3, -0.25) is 0 Å². The molecule has 1 atom stereocenters. The number of hydrogen-bond donors (Lipinski definition) is 0. The van der Waals surface area contributed by atoms with Gasteiger partial charge in [0.05, 0.1) is 17.9 Å². The topological polar surface area (TPSA) is 18.5 Å². The van der Waals surface area contributed by atoms with Crippen LogP contribution in [0.1, 0.15) is 0 Å². The summed E-state index contributed by atoms with van der Waals surface area (Å²) in [4.78, 5) is 0. The summed E-state index contributed by atoms with van der Waals surface area (Å²) >= 11 is 31.7. The quantitative estimate of drug-likeness (QED) is 0.132. The van der Waals surface area contributed by atoms with Crippen molar-refractivity contribution >= 4 is 143 Å². The van der Waals surface area contributed by atoms with Gasteiger partial charge in [0, 0.05) is 20.4 Å². The Kier molecular flexibility index (Phi) is 8.93. The maximum atomic E-state index is 6.23. The first-order chi connectivity index (χ1) is 11.5. The lowest BCUT2D eigenvalue weighted by atomic mass is 10.3. The summed E-state index contributed by atoms with van der Waals surface area (Å²) < 4.78 is 13.8. The van der Waals surface area contributed by atoms with Crippen LogP contribution in [0.25, 0.3) is 0 Å². The number of rotatable bonds is 4. The first-order valence-corrected chi connectivity index (χ1v) is 13.3. The second kappa shape index (κ2) is 9.45. The molecule has 0 aliphatic rings. The van der Waals surface area contributed by atoms with Gasteiger partial charge in [-0.15, -0.1) is 0 Å². The molecule has 0 radical (unpaired) electrons. The van der Waals surface area contributed by atoms with Crippen molar-refractivity contribution in [3.63, 3.8) is 0 Å². The highest BCUT2D eigenvalue weighted by Gasteiger charge is 2.51. The molecule has 2 aromatic rings. The van der Waals surface area contributed by atoms with Crippen LogP contribution in [0.5, 0.6) is 11.5 Å². The molecule has 1 unspecified atom stereocenters. The van der Waals surface area contributed by atoms with Gasteiger partial charge in [-0.1, -0.05) is 66.0 Å². The minimum absolute atomic E-state index is 0.512. The van der Waals surface area contributed by atoms with Crippen LogP contribution in [0.2, 0.25) is 0 Å². The van der Waals surface area contributed by atoms with E-state index in [4.69, 9.17) is 9.47 Å². The maximum absolute atomic E-state index is 6.23. The molecule has 0 N–H and O–H groups in total. The van der Waals surface area contributed by atoms with E-state index in [0.29, 0.717) is 20.4 Å². The second-order valence-electron chi connectivity index (χ2n) is 4.45. The number of para-hydroxylation sites is 1. The van der Waals surface area contributed by atoms with Crippen LogP contribution >= 0.6 is 143 Å². The summed E-state index contributed by atoms with van der Waals surface area (Å²) in [6.07, 6.45) is 0. The predicted octanol–water partition coefficient (Wildman–Crippen LogP) is 9.84. The van der Waals surface area contributed by atoms with E-state index in [-0.39, 0.29) is 0 Å². The Labute approximate surface area is 220 Å². The molecular weight excluding hydrogens is 919 g/mol. The van der Waals surface area contributed by atoms with Crippen LogP contribution < -0.4 is 9.47 Å². The Morgan fingerprint density at radius 1 is 0.600 bits per heavy atom. The number of hydrogen-bond acceptors (Lipinski definition) is 2. The zero-order chi connectivity index (χ0) is 19.0. The second-order valence-corrected chi connectivity index (χ2v) is 16.2. The standard InChI is InChI=1S/C14H5Br9O2/c15-7-8(16)10(18)12(11(19)9(7)17)25-14(23,13(20,21)22)24-6-4-2-1-3-5-6/h1-5H. The van der Waals surface area contributed by atoms with E-state index < -0.39 is 6.84 Å². The van der Waals surface area contributed by atoms with E-state index in [2.05, 4.69) is 143 Å². The van der Waals surface area contributed by atoms with Gasteiger partial charge in [0.1, 0.15) is 5.75 Å². The molecule has 0 fully saturated rings. The van der Waals surface area contributed by atoms with Crippen molar-refractivity contribution in [1.82, 2.24) is 0 Å². The fraction of sp³-hybridized carbons (Fsp3) is 0.143. The summed E-state index contributed by atoms with van der Waals surface area (Å²) in [5.41, 5.74) is 0. The van der Waals surface area contributed by atoms with Gasteiger partial charge in [0.25, 0.3) is 0 Å². The van der Waals surface area contributed by atoms with Crippen molar-refractivity contribution in [3.8, 4) is 11.5 Å². The van der Waals surface area contributed by atoms with Crippen LogP contribution in [-0.2, 0) is 0 Å². The molecule has 25 heavy (non-hydrogen) atoms. The normalized spacial score (nSPS) is 14.1. The van der Waals surface area contributed by atoms with E-state index >= 15 is 0 Å². The SMILES string of the molecule is Brc1c(Br)c(Br)c(OC(Br)(Oc2ccccc2)C(Br)(Br)Br)c(Br)c1Br. The number of benzene rings is 2. The van der Waals surface area contributed by atoms with Crippen molar-refractivity contribution < 1.29 is 9.47 Å². The zero-order valence-corrected chi connectivity index (χ0v) is 25.9. The molecule has 2 aromatic carbocycles. The Balaban J connectivity index is 2.53. The molecule has 0 aliphatic heterocycles. The van der Waals surface area contributed by atoms with E-state index in [1.165, 1.54) is 0 Å². The number of halogens is 9. The van der Waals surface area contributed by atoms with Gasteiger partial charge in [-0.25, -0.2) is 0 Å². The fourth-order valence-corrected chi connectivity index (χ4v) is 5.59. The molecule has 0 bridgehead atoms. The van der Waals surface area contributed by atoms with Crippen LogP contribution in [0.4, 0.5) is 0 Å². The summed E-state index contributed by atoms with van der Waals surface area (Å²) in [6.45, 7) is 0. The van der Waals surface area contributed by atoms with Crippen molar-refractivity contribution in [2.24, 2.45) is 0 Å². The molecule has 0 saturated heterocycles. The van der Waals surface area contributed by atoms with Crippen molar-refractivity contribution in [1.29, 1.82) is 0 Å². The van der Waals surface area contributed by atoms with E-state index in [1.54, 1.807) is 0 Å². The molecule has 0 saturated carbocycles. The largest absolute Gasteiger partial charge is 0.441 e. The number of alkyl halides is 4. The molecule has 0 spiro atoms. The summed E-state index contributed by atoms with van der Waals surface area (Å²) in [7, 11) is 0. The van der Waals surface area contributed by atoms with E-state index in [9.17, 15) is 0 Å². The Hall–Kier alpha value is 2.36. The summed E-state index contributed by atoms with van der Waals surface area (Å²) in [5.74, 6) is 1.13. The highest BCUT2D eigenvalue weighted by Crippen LogP contribution is 2.55. The Morgan fingerprint density at radius 2 is 1.04 bits per heavy atom. The molecule has 2 nitrogen and oxygen atoms in total. The molecule has 2 rings (SSSR count). The lowest BCUT2D eigenvalue weighted by Crippen LogP contribution is -2.47. The lowest BCUT2D eigenvalue weighted by molar-refractivity contribution is -0.0116. The Morgan fingerprint density at radius 3 is 1.48 bits per heavy atom. The van der Waals surface area contributed by atoms with Crippen LogP contribution in [0.3, 0.4) is 0 Å². The zero-order valence-electron chi connectivity index (χ0n) is 11.6. The third-order valence-corrected chi connectivity index (χ3v) is 12.8. The monoisotopic (exact) mass is 915 g/mol. The van der Waals surface area contributed by atoms with Crippen LogP contribution in [-0.4, -0.2) is 6.84 Å². The molecule has 0 amide bonds. The predicted molar refractivity (Wildman–Crippen MR) is 134 cm³/mol. The molecule has 11 heteroatoms. The summed E-state index contributed by atoms with van der Waals surface area (Å²) in [5, 5.41) is 0. The lowest BCUT2D eigenvalue weighted by Gasteiger charge is -2.36. The van der Waals surface area contributed by atoms with Crippen molar-refractivity contribution in [2.45, 2.75) is 6.84 Å². The van der Waals surface area contributed by atoms with Crippen LogP contribution in [0, 0.1) is 0 Å². The van der Waals surface area contributed by atoms with Gasteiger partial charge in [0.15, 0.2) is 5.75 Å². The van der Waals surface area contributed by atoms with Crippen molar-refractivity contribution in [2.75, 3.05) is 0 Å². The van der Waals surface area contributed by atoms with Gasteiger partial charge < -0.3 is 9.47 Å². The minimum Gasteiger partial charge on any atom is -0.441 e. The van der Waals surface area contributed by atoms with Gasteiger partial charge in [0.2, 0.25) is 2.14 Å². The molecule has 136 valence electrons. The first kappa shape index (κ1) is 23.6. The van der Waals surface area contributed by atoms with Crippen molar-refractivity contribution in [3.05, 3.63) is 52.7 Å². The highest BCUT2D eigenvalue weighted by molar-refractivity contribution is 9.40. The van der Waals surface area contributed by atoms with Crippen LogP contribution in [0.15, 0.2) is 52.7 Å². The smallest absolute Gasteiger partial charge is 0.345 e. The average molecular weight is 924 g/mol. The van der Waals surface area contributed by atoms with Gasteiger partial charge in [-0.05, 0) is 91.8 Å². The highest BCUT2D eigenvalue weighted by atomic mass is 80.0. The van der Waals surface area contributed by atoms with E-state index in [1.807, 2.05) is 30.3 Å². The fourth-order valence-electron chi connectivity index (χ4n) is 1.58. The minimum atomic E-state index is -1.35. The maximum Gasteiger partial charge on any atom is 0.345 e. The summed E-state index contributed by atoms with van der Waals surface area (Å²) in [6, 6.07) is 9.31. The molecule has 0 aromatic heterocycles. The molecule has 0 aliphatic carbocycles. The first-order valence-electron chi connectivity index (χ1n) is 6.18. The van der Waals surface area contributed by atoms with Gasteiger partial charge in [-0.2, -0.15) is 0 Å². The average Bonchev–Trinajstić information content (AvgIpc) is 2.55.